The Balaban J connectivity index is 1.87. The first-order valence-electron chi connectivity index (χ1n) is 7.10. The Labute approximate surface area is 151 Å². The van der Waals surface area contributed by atoms with Gasteiger partial charge in [-0.1, -0.05) is 29.8 Å². The van der Waals surface area contributed by atoms with E-state index in [2.05, 4.69) is 20.3 Å². The maximum absolute atomic E-state index is 6.35. The van der Waals surface area contributed by atoms with Crippen LogP contribution in [0.1, 0.15) is 11.6 Å². The first-order chi connectivity index (χ1) is 11.7. The lowest BCUT2D eigenvalue weighted by molar-refractivity contribution is 0.426. The van der Waals surface area contributed by atoms with Gasteiger partial charge in [0.25, 0.3) is 5.22 Å². The van der Waals surface area contributed by atoms with Crippen LogP contribution in [0, 0.1) is 6.92 Å². The molecule has 4 rings (SSSR count). The molecule has 0 bridgehead atoms. The summed E-state index contributed by atoms with van der Waals surface area (Å²) in [6.07, 6.45) is 1.99. The highest BCUT2D eigenvalue weighted by atomic mass is 35.5. The van der Waals surface area contributed by atoms with Crippen LogP contribution in [0.5, 0.6) is 0 Å². The molecule has 6 nitrogen and oxygen atoms in total. The Morgan fingerprint density at radius 3 is 2.92 bits per heavy atom. The summed E-state index contributed by atoms with van der Waals surface area (Å²) >= 11 is 9.32. The molecule has 0 spiro atoms. The third kappa shape index (κ3) is 2.64. The number of halogens is 1. The van der Waals surface area contributed by atoms with Crippen LogP contribution in [0.15, 0.2) is 38.9 Å². The minimum absolute atomic E-state index is 0.466. The Bertz CT molecular complexity index is 1050. The number of rotatable bonds is 4. The summed E-state index contributed by atoms with van der Waals surface area (Å²) in [7, 11) is 0. The first-order valence-corrected chi connectivity index (χ1v) is 9.69. The van der Waals surface area contributed by atoms with E-state index in [0.29, 0.717) is 27.5 Å². The van der Waals surface area contributed by atoms with E-state index >= 15 is 0 Å². The highest BCUT2D eigenvalue weighted by Crippen LogP contribution is 2.34. The molecule has 0 saturated heterocycles. The number of hydrogen-bond acceptors (Lipinski definition) is 7. The monoisotopic (exact) mass is 377 g/mol. The molecule has 24 heavy (non-hydrogen) atoms. The second-order valence-corrected chi connectivity index (χ2v) is 7.25. The quantitative estimate of drug-likeness (QED) is 0.492. The zero-order valence-electron chi connectivity index (χ0n) is 12.9. The van der Waals surface area contributed by atoms with Crippen molar-refractivity contribution < 1.29 is 4.42 Å². The molecule has 0 fully saturated rings. The third-order valence-electron chi connectivity index (χ3n) is 3.43. The molecule has 3 aromatic heterocycles. The third-order valence-corrected chi connectivity index (χ3v) is 5.26. The minimum atomic E-state index is 0.466. The Morgan fingerprint density at radius 2 is 2.08 bits per heavy atom. The molecule has 4 aromatic rings. The lowest BCUT2D eigenvalue weighted by atomic mass is 10.2. The molecule has 0 saturated carbocycles. The number of aryl methyl sites for hydroxylation is 1. The molecule has 9 heteroatoms. The van der Waals surface area contributed by atoms with E-state index in [4.69, 9.17) is 16.0 Å². The summed E-state index contributed by atoms with van der Waals surface area (Å²) in [5, 5.41) is 15.3. The average molecular weight is 378 g/mol. The molecule has 0 aliphatic carbocycles. The predicted octanol–water partition coefficient (Wildman–Crippen LogP) is 4.24. The van der Waals surface area contributed by atoms with E-state index in [1.54, 1.807) is 16.3 Å². The topological polar surface area (TPSA) is 69.1 Å². The van der Waals surface area contributed by atoms with Crippen molar-refractivity contribution in [1.29, 1.82) is 0 Å². The van der Waals surface area contributed by atoms with Gasteiger partial charge in [-0.2, -0.15) is 16.9 Å². The molecular weight excluding hydrogens is 366 g/mol. The molecule has 0 radical (unpaired) electrons. The fourth-order valence-electron chi connectivity index (χ4n) is 2.38. The van der Waals surface area contributed by atoms with E-state index < -0.39 is 0 Å². The van der Waals surface area contributed by atoms with E-state index in [9.17, 15) is 0 Å². The van der Waals surface area contributed by atoms with Gasteiger partial charge in [0.15, 0.2) is 5.65 Å². The Morgan fingerprint density at radius 1 is 1.25 bits per heavy atom. The second kappa shape index (κ2) is 6.27. The number of thioether (sulfide) groups is 1. The van der Waals surface area contributed by atoms with Crippen molar-refractivity contribution in [3.05, 3.63) is 40.9 Å². The van der Waals surface area contributed by atoms with Gasteiger partial charge in [-0.25, -0.2) is 9.50 Å². The van der Waals surface area contributed by atoms with E-state index in [1.165, 1.54) is 11.8 Å². The van der Waals surface area contributed by atoms with Gasteiger partial charge in [0, 0.05) is 5.39 Å². The number of para-hydroxylation sites is 1. The summed E-state index contributed by atoms with van der Waals surface area (Å²) in [6, 6.07) is 7.91. The fourth-order valence-corrected chi connectivity index (χ4v) is 3.70. The molecule has 3 heterocycles. The summed E-state index contributed by atoms with van der Waals surface area (Å²) in [5.41, 5.74) is 2.31. The van der Waals surface area contributed by atoms with Crippen molar-refractivity contribution in [3.63, 3.8) is 0 Å². The van der Waals surface area contributed by atoms with Gasteiger partial charge in [0.05, 0.1) is 17.0 Å². The van der Waals surface area contributed by atoms with Gasteiger partial charge in [-0.05, 0) is 31.0 Å². The van der Waals surface area contributed by atoms with Crippen LogP contribution in [-0.2, 0) is 5.75 Å². The van der Waals surface area contributed by atoms with Crippen LogP contribution in [0.3, 0.4) is 0 Å². The summed E-state index contributed by atoms with van der Waals surface area (Å²) in [6.45, 7) is 1.87. The highest BCUT2D eigenvalue weighted by Gasteiger charge is 2.17. The van der Waals surface area contributed by atoms with Gasteiger partial charge < -0.3 is 4.42 Å². The number of hydrogen-bond donors (Lipinski definition) is 0. The summed E-state index contributed by atoms with van der Waals surface area (Å²) in [5.74, 6) is 1.29. The van der Waals surface area contributed by atoms with Gasteiger partial charge in [-0.3, -0.25) is 0 Å². The van der Waals surface area contributed by atoms with Crippen molar-refractivity contribution in [2.45, 2.75) is 22.9 Å². The highest BCUT2D eigenvalue weighted by molar-refractivity contribution is 7.99. The van der Waals surface area contributed by atoms with Crippen molar-refractivity contribution in [3.8, 4) is 0 Å². The van der Waals surface area contributed by atoms with Crippen LogP contribution in [0.4, 0.5) is 0 Å². The lowest BCUT2D eigenvalue weighted by Crippen LogP contribution is -1.95. The van der Waals surface area contributed by atoms with Gasteiger partial charge in [0.2, 0.25) is 5.89 Å². The number of benzene rings is 1. The summed E-state index contributed by atoms with van der Waals surface area (Å²) in [4.78, 5) is 4.67. The molecule has 0 amide bonds. The molecule has 0 unspecified atom stereocenters. The smallest absolute Gasteiger partial charge is 0.282 e. The van der Waals surface area contributed by atoms with Crippen molar-refractivity contribution in [1.82, 2.24) is 24.8 Å². The van der Waals surface area contributed by atoms with Gasteiger partial charge in [-0.15, -0.1) is 10.2 Å². The van der Waals surface area contributed by atoms with E-state index in [1.807, 2.05) is 37.4 Å². The van der Waals surface area contributed by atoms with Crippen molar-refractivity contribution >= 4 is 51.7 Å². The van der Waals surface area contributed by atoms with Gasteiger partial charge >= 0.3 is 0 Å². The molecule has 0 atom stereocenters. The normalized spacial score (nSPS) is 11.6. The average Bonchev–Trinajstić information content (AvgIpc) is 3.14. The zero-order chi connectivity index (χ0) is 16.7. The second-order valence-electron chi connectivity index (χ2n) is 5.07. The summed E-state index contributed by atoms with van der Waals surface area (Å²) < 4.78 is 7.42. The molecule has 1 aromatic carbocycles. The molecule has 0 N–H and O–H groups in total. The maximum Gasteiger partial charge on any atom is 0.282 e. The molecule has 0 aliphatic heterocycles. The Kier molecular flexibility index (Phi) is 4.11. The van der Waals surface area contributed by atoms with Crippen LogP contribution >= 0.6 is 35.1 Å². The van der Waals surface area contributed by atoms with Crippen LogP contribution in [0.25, 0.3) is 16.6 Å². The number of fused-ring (bicyclic) bond motifs is 3. The van der Waals surface area contributed by atoms with E-state index in [0.717, 1.165) is 21.6 Å². The minimum Gasteiger partial charge on any atom is -0.415 e. The van der Waals surface area contributed by atoms with E-state index in [-0.39, 0.29) is 0 Å². The van der Waals surface area contributed by atoms with Crippen molar-refractivity contribution in [2.75, 3.05) is 6.26 Å². The molecular formula is C15H12ClN5OS2. The zero-order valence-corrected chi connectivity index (χ0v) is 15.2. The van der Waals surface area contributed by atoms with Crippen LogP contribution < -0.4 is 0 Å². The fraction of sp³-hybridized carbons (Fsp3) is 0.200. The number of aromatic nitrogens is 5. The van der Waals surface area contributed by atoms with Gasteiger partial charge in [0.1, 0.15) is 10.0 Å². The van der Waals surface area contributed by atoms with Crippen LogP contribution in [-0.4, -0.2) is 31.1 Å². The molecule has 122 valence electrons. The van der Waals surface area contributed by atoms with Crippen molar-refractivity contribution in [2.24, 2.45) is 0 Å². The first kappa shape index (κ1) is 15.7. The Hall–Kier alpha value is -1.77. The van der Waals surface area contributed by atoms with Crippen LogP contribution in [0.2, 0.25) is 5.02 Å². The predicted molar refractivity (Wildman–Crippen MR) is 95.9 cm³/mol. The standard InChI is InChI=1S/C15H12ClN5OS2/c1-8-12(16)13-17-14(24-15-19-18-11(22-15)7-23-2)9-5-3-4-6-10(9)21(13)20-8/h3-6H,7H2,1-2H3. The number of nitrogens with zero attached hydrogens (tertiary/aromatic N) is 5. The molecule has 0 aliphatic rings. The largest absolute Gasteiger partial charge is 0.415 e. The lowest BCUT2D eigenvalue weighted by Gasteiger charge is -2.05. The SMILES string of the molecule is CSCc1nnc(Sc2nc3c(Cl)c(C)nn3c3ccccc23)o1. The maximum atomic E-state index is 6.35.